The van der Waals surface area contributed by atoms with E-state index in [0.717, 1.165) is 58.7 Å². The monoisotopic (exact) mass is 489 g/mol. The van der Waals surface area contributed by atoms with Gasteiger partial charge in [0.1, 0.15) is 0 Å². The molecule has 2 atom stereocenters. The minimum absolute atomic E-state index is 0.128. The highest BCUT2D eigenvalue weighted by Gasteiger charge is 2.37. The van der Waals surface area contributed by atoms with Gasteiger partial charge in [0, 0.05) is 57.8 Å². The molecule has 0 aromatic heterocycles. The molecule has 36 heavy (non-hydrogen) atoms. The number of carbonyl (C=O) groups excluding carboxylic acids is 1. The van der Waals surface area contributed by atoms with Crippen LogP contribution in [-0.2, 0) is 11.3 Å². The van der Waals surface area contributed by atoms with Gasteiger partial charge in [0.15, 0.2) is 0 Å². The van der Waals surface area contributed by atoms with Crippen molar-refractivity contribution in [2.75, 3.05) is 46.4 Å². The normalized spacial score (nSPS) is 24.2. The van der Waals surface area contributed by atoms with Crippen LogP contribution in [0.5, 0.6) is 0 Å². The second-order valence-corrected chi connectivity index (χ2v) is 11.3. The highest BCUT2D eigenvalue weighted by atomic mass is 16.5. The van der Waals surface area contributed by atoms with Gasteiger partial charge < -0.3 is 14.5 Å². The fourth-order valence-electron chi connectivity index (χ4n) is 6.90. The molecule has 5 rings (SSSR count). The summed E-state index contributed by atoms with van der Waals surface area (Å²) in [6, 6.07) is 22.3. The van der Waals surface area contributed by atoms with Gasteiger partial charge in [-0.25, -0.2) is 4.79 Å². The predicted octanol–water partition coefficient (Wildman–Crippen LogP) is 5.63. The molecule has 2 aromatic rings. The van der Waals surface area contributed by atoms with Crippen LogP contribution in [0.15, 0.2) is 60.7 Å². The SMILES string of the molecule is COC(=O)N(CC1CCCC1)C1CCN(C[C@H]2CN(Cc3ccccc3)C[C@@H]2c2ccccc2)CC1. The van der Waals surface area contributed by atoms with E-state index in [1.165, 1.54) is 43.9 Å². The van der Waals surface area contributed by atoms with Gasteiger partial charge in [-0.15, -0.1) is 0 Å². The van der Waals surface area contributed by atoms with E-state index in [4.69, 9.17) is 4.74 Å². The van der Waals surface area contributed by atoms with Gasteiger partial charge in [-0.2, -0.15) is 0 Å². The zero-order valence-electron chi connectivity index (χ0n) is 21.9. The fourth-order valence-corrected chi connectivity index (χ4v) is 6.90. The van der Waals surface area contributed by atoms with E-state index in [2.05, 4.69) is 75.4 Å². The van der Waals surface area contributed by atoms with E-state index < -0.39 is 0 Å². The number of carbonyl (C=O) groups is 1. The Labute approximate surface area is 217 Å². The zero-order valence-corrected chi connectivity index (χ0v) is 21.9. The van der Waals surface area contributed by atoms with Crippen molar-refractivity contribution >= 4 is 6.09 Å². The van der Waals surface area contributed by atoms with Crippen LogP contribution in [0.2, 0.25) is 0 Å². The number of methoxy groups -OCH3 is 1. The molecular weight excluding hydrogens is 446 g/mol. The molecule has 1 amide bonds. The Morgan fingerprint density at radius 2 is 1.56 bits per heavy atom. The van der Waals surface area contributed by atoms with Gasteiger partial charge in [0.25, 0.3) is 0 Å². The first-order chi connectivity index (χ1) is 17.7. The lowest BCUT2D eigenvalue weighted by Gasteiger charge is -2.40. The maximum absolute atomic E-state index is 12.6. The maximum atomic E-state index is 12.6. The summed E-state index contributed by atoms with van der Waals surface area (Å²) < 4.78 is 5.20. The smallest absolute Gasteiger partial charge is 0.409 e. The van der Waals surface area contributed by atoms with Crippen molar-refractivity contribution < 1.29 is 9.53 Å². The molecule has 2 aliphatic heterocycles. The molecule has 0 N–H and O–H groups in total. The molecule has 2 heterocycles. The first kappa shape index (κ1) is 25.3. The number of likely N-dealkylation sites (tertiary alicyclic amines) is 2. The Morgan fingerprint density at radius 3 is 2.22 bits per heavy atom. The standard InChI is InChI=1S/C31H43N3O2/c1-36-31(35)34(21-26-12-8-9-13-26)29-16-18-32(19-17-29)22-28-23-33(20-25-10-4-2-5-11-25)24-30(28)27-14-6-3-7-15-27/h2-7,10-11,14-15,26,28-30H,8-9,12-13,16-24H2,1H3/t28-,30+/m0/s1. The molecule has 1 aliphatic carbocycles. The summed E-state index contributed by atoms with van der Waals surface area (Å²) in [6.45, 7) is 7.45. The van der Waals surface area contributed by atoms with Crippen LogP contribution in [0.25, 0.3) is 0 Å². The van der Waals surface area contributed by atoms with Crippen molar-refractivity contribution in [2.24, 2.45) is 11.8 Å². The highest BCUT2D eigenvalue weighted by Crippen LogP contribution is 2.35. The molecule has 194 valence electrons. The third-order valence-electron chi connectivity index (χ3n) is 8.82. The molecule has 1 saturated carbocycles. The maximum Gasteiger partial charge on any atom is 0.409 e. The van der Waals surface area contributed by atoms with Gasteiger partial charge in [-0.1, -0.05) is 73.5 Å². The van der Waals surface area contributed by atoms with Crippen molar-refractivity contribution in [3.8, 4) is 0 Å². The van der Waals surface area contributed by atoms with Crippen LogP contribution in [0.3, 0.4) is 0 Å². The lowest BCUT2D eigenvalue weighted by atomic mass is 9.88. The average Bonchev–Trinajstić information content (AvgIpc) is 3.58. The summed E-state index contributed by atoms with van der Waals surface area (Å²) >= 11 is 0. The number of benzene rings is 2. The van der Waals surface area contributed by atoms with Crippen molar-refractivity contribution in [3.63, 3.8) is 0 Å². The van der Waals surface area contributed by atoms with E-state index in [9.17, 15) is 4.79 Å². The van der Waals surface area contributed by atoms with Crippen LogP contribution in [0, 0.1) is 11.8 Å². The van der Waals surface area contributed by atoms with Gasteiger partial charge in [-0.3, -0.25) is 4.90 Å². The Bertz CT molecular complexity index is 939. The van der Waals surface area contributed by atoms with Crippen molar-refractivity contribution in [3.05, 3.63) is 71.8 Å². The molecular formula is C31H43N3O2. The third-order valence-corrected chi connectivity index (χ3v) is 8.82. The number of ether oxygens (including phenoxy) is 1. The minimum Gasteiger partial charge on any atom is -0.453 e. The number of rotatable bonds is 8. The summed E-state index contributed by atoms with van der Waals surface area (Å²) in [4.78, 5) is 20.0. The molecule has 0 spiro atoms. The number of hydrogen-bond acceptors (Lipinski definition) is 4. The first-order valence-electron chi connectivity index (χ1n) is 14.1. The highest BCUT2D eigenvalue weighted by molar-refractivity contribution is 5.67. The zero-order chi connectivity index (χ0) is 24.7. The second-order valence-electron chi connectivity index (χ2n) is 11.3. The van der Waals surface area contributed by atoms with Gasteiger partial charge >= 0.3 is 6.09 Å². The average molecular weight is 490 g/mol. The van der Waals surface area contributed by atoms with E-state index in [1.807, 2.05) is 0 Å². The van der Waals surface area contributed by atoms with E-state index in [-0.39, 0.29) is 6.09 Å². The predicted molar refractivity (Wildman–Crippen MR) is 145 cm³/mol. The quantitative estimate of drug-likeness (QED) is 0.482. The summed E-state index contributed by atoms with van der Waals surface area (Å²) in [5.74, 6) is 1.85. The lowest BCUT2D eigenvalue weighted by molar-refractivity contribution is 0.0662. The van der Waals surface area contributed by atoms with E-state index in [1.54, 1.807) is 0 Å². The molecule has 3 fully saturated rings. The van der Waals surface area contributed by atoms with Gasteiger partial charge in [0.2, 0.25) is 0 Å². The van der Waals surface area contributed by atoms with Gasteiger partial charge in [0.05, 0.1) is 7.11 Å². The van der Waals surface area contributed by atoms with Crippen molar-refractivity contribution in [1.29, 1.82) is 0 Å². The summed E-state index contributed by atoms with van der Waals surface area (Å²) in [7, 11) is 1.53. The van der Waals surface area contributed by atoms with Crippen molar-refractivity contribution in [1.82, 2.24) is 14.7 Å². The van der Waals surface area contributed by atoms with Gasteiger partial charge in [-0.05, 0) is 48.6 Å². The first-order valence-corrected chi connectivity index (χ1v) is 14.1. The van der Waals surface area contributed by atoms with Crippen molar-refractivity contribution in [2.45, 2.75) is 57.0 Å². The topological polar surface area (TPSA) is 36.0 Å². The number of piperidine rings is 1. The van der Waals surface area contributed by atoms with Crippen LogP contribution in [0.1, 0.15) is 55.6 Å². The molecule has 2 saturated heterocycles. The number of hydrogen-bond donors (Lipinski definition) is 0. The Hall–Kier alpha value is -2.37. The van der Waals surface area contributed by atoms with Crippen LogP contribution >= 0.6 is 0 Å². The van der Waals surface area contributed by atoms with E-state index in [0.29, 0.717) is 23.8 Å². The fraction of sp³-hybridized carbons (Fsp3) is 0.581. The summed E-state index contributed by atoms with van der Waals surface area (Å²) in [5.41, 5.74) is 2.87. The van der Waals surface area contributed by atoms with E-state index >= 15 is 0 Å². The molecule has 5 nitrogen and oxygen atoms in total. The second kappa shape index (κ2) is 12.2. The molecule has 2 aromatic carbocycles. The molecule has 5 heteroatoms. The van der Waals surface area contributed by atoms with Crippen LogP contribution < -0.4 is 0 Å². The third kappa shape index (κ3) is 6.30. The van der Waals surface area contributed by atoms with Crippen LogP contribution in [0.4, 0.5) is 4.79 Å². The molecule has 0 radical (unpaired) electrons. The molecule has 0 bridgehead atoms. The summed E-state index contributed by atoms with van der Waals surface area (Å²) in [5, 5.41) is 0. The Kier molecular flexibility index (Phi) is 8.60. The number of amides is 1. The number of nitrogens with zero attached hydrogens (tertiary/aromatic N) is 3. The lowest BCUT2D eigenvalue weighted by Crippen LogP contribution is -2.49. The minimum atomic E-state index is -0.128. The Balaban J connectivity index is 1.20. The molecule has 0 unspecified atom stereocenters. The Morgan fingerprint density at radius 1 is 0.889 bits per heavy atom. The van der Waals surface area contributed by atoms with Crippen LogP contribution in [-0.4, -0.2) is 73.2 Å². The largest absolute Gasteiger partial charge is 0.453 e. The summed E-state index contributed by atoms with van der Waals surface area (Å²) in [6.07, 6.45) is 7.11. The molecule has 3 aliphatic rings.